The van der Waals surface area contributed by atoms with Gasteiger partial charge in [-0.3, -0.25) is 4.68 Å². The van der Waals surface area contributed by atoms with E-state index in [2.05, 4.69) is 18.9 Å². The Labute approximate surface area is 111 Å². The van der Waals surface area contributed by atoms with Crippen molar-refractivity contribution in [2.75, 3.05) is 0 Å². The van der Waals surface area contributed by atoms with Gasteiger partial charge in [0.15, 0.2) is 5.75 Å². The van der Waals surface area contributed by atoms with Crippen LogP contribution in [0.2, 0.25) is 0 Å². The van der Waals surface area contributed by atoms with E-state index in [1.165, 1.54) is 0 Å². The maximum atomic E-state index is 5.68. The van der Waals surface area contributed by atoms with Crippen molar-refractivity contribution in [3.05, 3.63) is 42.2 Å². The van der Waals surface area contributed by atoms with Crippen LogP contribution in [0.3, 0.4) is 0 Å². The van der Waals surface area contributed by atoms with Crippen LogP contribution in [0.5, 0.6) is 11.5 Å². The molecule has 1 aromatic heterocycles. The highest BCUT2D eigenvalue weighted by molar-refractivity contribution is 7.80. The maximum Gasteiger partial charge on any atom is 0.165 e. The van der Waals surface area contributed by atoms with Gasteiger partial charge in [-0.2, -0.15) is 5.10 Å². The van der Waals surface area contributed by atoms with Crippen molar-refractivity contribution >= 4 is 17.2 Å². The van der Waals surface area contributed by atoms with Crippen molar-refractivity contribution in [2.45, 2.75) is 19.9 Å². The Morgan fingerprint density at radius 2 is 1.94 bits per heavy atom. The molecular formula is C13H15N3OS. The van der Waals surface area contributed by atoms with Gasteiger partial charge in [0.05, 0.1) is 12.4 Å². The number of nitrogens with zero attached hydrogens (tertiary/aromatic N) is 2. The Kier molecular flexibility index (Phi) is 3.62. The van der Waals surface area contributed by atoms with Crippen molar-refractivity contribution in [3.8, 4) is 11.5 Å². The van der Waals surface area contributed by atoms with Gasteiger partial charge in [-0.25, -0.2) is 0 Å². The van der Waals surface area contributed by atoms with Gasteiger partial charge in [0, 0.05) is 11.6 Å². The van der Waals surface area contributed by atoms with Crippen molar-refractivity contribution in [1.82, 2.24) is 9.78 Å². The fourth-order valence-corrected chi connectivity index (χ4v) is 1.62. The van der Waals surface area contributed by atoms with Gasteiger partial charge in [-0.1, -0.05) is 12.2 Å². The summed E-state index contributed by atoms with van der Waals surface area (Å²) in [6.07, 6.45) is 3.56. The van der Waals surface area contributed by atoms with E-state index in [4.69, 9.17) is 22.7 Å². The predicted molar refractivity (Wildman–Crippen MR) is 75.0 cm³/mol. The predicted octanol–water partition coefficient (Wildman–Crippen LogP) is 2.89. The van der Waals surface area contributed by atoms with Crippen LogP contribution in [0.4, 0.5) is 0 Å². The fourth-order valence-electron chi connectivity index (χ4n) is 1.48. The van der Waals surface area contributed by atoms with Crippen LogP contribution in [0, 0.1) is 0 Å². The number of rotatable bonds is 4. The Balaban J connectivity index is 2.10. The SMILES string of the molecule is CC(C)n1cc(Oc2ccc(C(N)=S)cc2)cn1. The highest BCUT2D eigenvalue weighted by Crippen LogP contribution is 2.22. The molecule has 0 saturated carbocycles. The fraction of sp³-hybridized carbons (Fsp3) is 0.231. The topological polar surface area (TPSA) is 53.1 Å². The van der Waals surface area contributed by atoms with Crippen LogP contribution in [0.25, 0.3) is 0 Å². The molecule has 0 unspecified atom stereocenters. The molecule has 2 N–H and O–H groups in total. The summed E-state index contributed by atoms with van der Waals surface area (Å²) in [5, 5.41) is 4.21. The van der Waals surface area contributed by atoms with Gasteiger partial charge in [0.25, 0.3) is 0 Å². The number of benzene rings is 1. The maximum absolute atomic E-state index is 5.68. The summed E-state index contributed by atoms with van der Waals surface area (Å²) in [5.74, 6) is 1.45. The van der Waals surface area contributed by atoms with Gasteiger partial charge in [0.2, 0.25) is 0 Å². The summed E-state index contributed by atoms with van der Waals surface area (Å²) in [7, 11) is 0. The van der Waals surface area contributed by atoms with E-state index in [9.17, 15) is 0 Å². The summed E-state index contributed by atoms with van der Waals surface area (Å²) in [5.41, 5.74) is 6.36. The first-order chi connectivity index (χ1) is 8.56. The minimum atomic E-state index is 0.319. The molecule has 1 aromatic carbocycles. The average molecular weight is 261 g/mol. The van der Waals surface area contributed by atoms with Crippen LogP contribution in [0.1, 0.15) is 25.5 Å². The van der Waals surface area contributed by atoms with Gasteiger partial charge in [-0.05, 0) is 38.1 Å². The third-order valence-corrected chi connectivity index (χ3v) is 2.72. The number of aromatic nitrogens is 2. The van der Waals surface area contributed by atoms with E-state index in [1.807, 2.05) is 35.1 Å². The van der Waals surface area contributed by atoms with Crippen molar-refractivity contribution in [2.24, 2.45) is 5.73 Å². The summed E-state index contributed by atoms with van der Waals surface area (Å²) in [4.78, 5) is 0.383. The third kappa shape index (κ3) is 2.87. The third-order valence-electron chi connectivity index (χ3n) is 2.48. The lowest BCUT2D eigenvalue weighted by molar-refractivity contribution is 0.477. The number of ether oxygens (including phenoxy) is 1. The summed E-state index contributed by atoms with van der Waals surface area (Å²) >= 11 is 4.89. The van der Waals surface area contributed by atoms with E-state index in [0.29, 0.717) is 16.8 Å². The van der Waals surface area contributed by atoms with Crippen LogP contribution < -0.4 is 10.5 Å². The molecule has 2 rings (SSSR count). The second-order valence-electron chi connectivity index (χ2n) is 4.24. The zero-order chi connectivity index (χ0) is 13.1. The van der Waals surface area contributed by atoms with Crippen molar-refractivity contribution in [3.63, 3.8) is 0 Å². The van der Waals surface area contributed by atoms with Crippen LogP contribution in [-0.2, 0) is 0 Å². The lowest BCUT2D eigenvalue weighted by atomic mass is 10.2. The molecule has 0 amide bonds. The Morgan fingerprint density at radius 1 is 1.28 bits per heavy atom. The molecule has 1 heterocycles. The van der Waals surface area contributed by atoms with Crippen molar-refractivity contribution in [1.29, 1.82) is 0 Å². The first-order valence-electron chi connectivity index (χ1n) is 5.68. The quantitative estimate of drug-likeness (QED) is 0.860. The standard InChI is InChI=1S/C13H15N3OS/c1-9(2)16-8-12(7-15-16)17-11-5-3-10(4-6-11)13(14)18/h3-9H,1-2H3,(H2,14,18). The molecule has 0 radical (unpaired) electrons. The largest absolute Gasteiger partial charge is 0.454 e. The molecular weight excluding hydrogens is 246 g/mol. The average Bonchev–Trinajstić information content (AvgIpc) is 2.78. The second kappa shape index (κ2) is 5.18. The summed E-state index contributed by atoms with van der Waals surface area (Å²) in [6.45, 7) is 4.13. The lowest BCUT2D eigenvalue weighted by Gasteiger charge is -2.05. The van der Waals surface area contributed by atoms with Gasteiger partial charge < -0.3 is 10.5 Å². The molecule has 18 heavy (non-hydrogen) atoms. The Hall–Kier alpha value is -1.88. The number of hydrogen-bond acceptors (Lipinski definition) is 3. The molecule has 0 aliphatic rings. The van der Waals surface area contributed by atoms with Crippen LogP contribution in [0.15, 0.2) is 36.7 Å². The first kappa shape index (κ1) is 12.6. The molecule has 0 fully saturated rings. The van der Waals surface area contributed by atoms with Gasteiger partial charge in [0.1, 0.15) is 10.7 Å². The Bertz CT molecular complexity index is 546. The highest BCUT2D eigenvalue weighted by Gasteiger charge is 2.04. The number of nitrogens with two attached hydrogens (primary N) is 1. The van der Waals surface area contributed by atoms with E-state index in [0.717, 1.165) is 11.3 Å². The van der Waals surface area contributed by atoms with Gasteiger partial charge in [-0.15, -0.1) is 0 Å². The zero-order valence-corrected chi connectivity index (χ0v) is 11.1. The number of hydrogen-bond donors (Lipinski definition) is 1. The molecule has 0 bridgehead atoms. The molecule has 0 aliphatic carbocycles. The summed E-state index contributed by atoms with van der Waals surface area (Å²) < 4.78 is 7.52. The molecule has 0 atom stereocenters. The summed E-state index contributed by atoms with van der Waals surface area (Å²) in [6, 6.07) is 7.66. The van der Waals surface area contributed by atoms with Gasteiger partial charge >= 0.3 is 0 Å². The molecule has 2 aromatic rings. The molecule has 0 aliphatic heterocycles. The highest BCUT2D eigenvalue weighted by atomic mass is 32.1. The second-order valence-corrected chi connectivity index (χ2v) is 4.68. The van der Waals surface area contributed by atoms with Crippen molar-refractivity contribution < 1.29 is 4.74 Å². The Morgan fingerprint density at radius 3 is 2.44 bits per heavy atom. The van der Waals surface area contributed by atoms with E-state index >= 15 is 0 Å². The molecule has 94 valence electrons. The van der Waals surface area contributed by atoms with E-state index in [-0.39, 0.29) is 0 Å². The first-order valence-corrected chi connectivity index (χ1v) is 6.09. The molecule has 5 heteroatoms. The van der Waals surface area contributed by atoms with Crippen LogP contribution in [-0.4, -0.2) is 14.8 Å². The molecule has 4 nitrogen and oxygen atoms in total. The molecule has 0 spiro atoms. The number of thiocarbonyl (C=S) groups is 1. The smallest absolute Gasteiger partial charge is 0.165 e. The lowest BCUT2D eigenvalue weighted by Crippen LogP contribution is -2.08. The normalized spacial score (nSPS) is 10.6. The minimum Gasteiger partial charge on any atom is -0.454 e. The van der Waals surface area contributed by atoms with Crippen LogP contribution >= 0.6 is 12.2 Å². The van der Waals surface area contributed by atoms with E-state index in [1.54, 1.807) is 6.20 Å². The minimum absolute atomic E-state index is 0.319. The zero-order valence-electron chi connectivity index (χ0n) is 10.3. The monoisotopic (exact) mass is 261 g/mol. The molecule has 0 saturated heterocycles. The van der Waals surface area contributed by atoms with E-state index < -0.39 is 0 Å².